The molecule has 0 aromatic rings. The summed E-state index contributed by atoms with van der Waals surface area (Å²) in [5.41, 5.74) is -1.11. The van der Waals surface area contributed by atoms with Crippen LogP contribution in [-0.2, 0) is 14.3 Å². The number of morpholine rings is 1. The monoisotopic (exact) mass is 253 g/mol. The molecule has 1 heterocycles. The third-order valence-corrected chi connectivity index (χ3v) is 4.01. The number of nitrogens with zero attached hydrogens (tertiary/aromatic N) is 1. The molecule has 1 amide bonds. The summed E-state index contributed by atoms with van der Waals surface area (Å²) in [6.07, 6.45) is 4.67. The van der Waals surface area contributed by atoms with Crippen molar-refractivity contribution >= 4 is 11.9 Å². The van der Waals surface area contributed by atoms with Gasteiger partial charge in [-0.15, -0.1) is 0 Å². The van der Waals surface area contributed by atoms with Crippen LogP contribution in [0.1, 0.15) is 52.9 Å². The van der Waals surface area contributed by atoms with E-state index in [1.165, 1.54) is 0 Å². The second-order valence-corrected chi connectivity index (χ2v) is 6.43. The van der Waals surface area contributed by atoms with E-state index < -0.39 is 11.0 Å². The lowest BCUT2D eigenvalue weighted by molar-refractivity contribution is -0.181. The standard InChI is InChI=1S/C14H23NO3/c1-13(2,3)11(16)15-9-10-18-12(17)14(15)7-5-4-6-8-14/h4-10H2,1-3H3. The molecule has 0 aromatic carbocycles. The van der Waals surface area contributed by atoms with E-state index in [-0.39, 0.29) is 11.9 Å². The fourth-order valence-corrected chi connectivity index (χ4v) is 3.00. The molecule has 2 aliphatic rings. The van der Waals surface area contributed by atoms with Crippen LogP contribution >= 0.6 is 0 Å². The van der Waals surface area contributed by atoms with Crippen LogP contribution in [0.15, 0.2) is 0 Å². The maximum absolute atomic E-state index is 12.6. The highest BCUT2D eigenvalue weighted by molar-refractivity contribution is 5.91. The molecule has 2 rings (SSSR count). The molecule has 0 atom stereocenters. The van der Waals surface area contributed by atoms with E-state index in [1.807, 2.05) is 20.8 Å². The highest BCUT2D eigenvalue weighted by atomic mass is 16.5. The number of carbonyl (C=O) groups excluding carboxylic acids is 2. The van der Waals surface area contributed by atoms with Crippen molar-refractivity contribution in [1.29, 1.82) is 0 Å². The molecule has 0 unspecified atom stereocenters. The van der Waals surface area contributed by atoms with Gasteiger partial charge in [0.1, 0.15) is 12.1 Å². The van der Waals surface area contributed by atoms with E-state index in [1.54, 1.807) is 4.90 Å². The molecule has 1 saturated heterocycles. The number of esters is 1. The van der Waals surface area contributed by atoms with Gasteiger partial charge in [0.15, 0.2) is 0 Å². The SMILES string of the molecule is CC(C)(C)C(=O)N1CCOC(=O)C12CCCCC2. The second-order valence-electron chi connectivity index (χ2n) is 6.43. The first-order chi connectivity index (χ1) is 8.38. The lowest BCUT2D eigenvalue weighted by Crippen LogP contribution is -2.64. The average Bonchev–Trinajstić information content (AvgIpc) is 2.32. The van der Waals surface area contributed by atoms with Gasteiger partial charge < -0.3 is 9.64 Å². The first-order valence-electron chi connectivity index (χ1n) is 6.87. The minimum absolute atomic E-state index is 0.0704. The Morgan fingerprint density at radius 2 is 1.83 bits per heavy atom. The van der Waals surface area contributed by atoms with Gasteiger partial charge in [0.05, 0.1) is 6.54 Å². The normalized spacial score (nSPS) is 23.9. The Hall–Kier alpha value is -1.06. The predicted octanol–water partition coefficient (Wildman–Crippen LogP) is 2.12. The molecule has 1 aliphatic carbocycles. The number of amides is 1. The van der Waals surface area contributed by atoms with Crippen molar-refractivity contribution in [1.82, 2.24) is 4.90 Å². The summed E-state index contributed by atoms with van der Waals surface area (Å²) in [4.78, 5) is 26.6. The first kappa shape index (κ1) is 13.4. The lowest BCUT2D eigenvalue weighted by Gasteiger charge is -2.48. The van der Waals surface area contributed by atoms with Crippen LogP contribution in [0.3, 0.4) is 0 Å². The predicted molar refractivity (Wildman–Crippen MR) is 67.9 cm³/mol. The molecule has 4 nitrogen and oxygen atoms in total. The fourth-order valence-electron chi connectivity index (χ4n) is 3.00. The maximum Gasteiger partial charge on any atom is 0.332 e. The second kappa shape index (κ2) is 4.56. The molecule has 4 heteroatoms. The molecule has 1 saturated carbocycles. The van der Waals surface area contributed by atoms with Crippen molar-refractivity contribution in [3.63, 3.8) is 0 Å². The van der Waals surface area contributed by atoms with Crippen molar-refractivity contribution in [3.8, 4) is 0 Å². The summed E-state index contributed by atoms with van der Waals surface area (Å²) in [6, 6.07) is 0. The third-order valence-electron chi connectivity index (χ3n) is 4.01. The average molecular weight is 253 g/mol. The Labute approximate surface area is 109 Å². The largest absolute Gasteiger partial charge is 0.462 e. The van der Waals surface area contributed by atoms with Crippen molar-refractivity contribution < 1.29 is 14.3 Å². The van der Waals surface area contributed by atoms with Crippen molar-refractivity contribution in [2.45, 2.75) is 58.4 Å². The lowest BCUT2D eigenvalue weighted by atomic mass is 9.78. The Balaban J connectivity index is 2.31. The molecule has 1 aliphatic heterocycles. The molecule has 102 valence electrons. The summed E-state index contributed by atoms with van der Waals surface area (Å²) < 4.78 is 5.23. The fraction of sp³-hybridized carbons (Fsp3) is 0.857. The zero-order chi connectivity index (χ0) is 13.4. The van der Waals surface area contributed by atoms with Crippen LogP contribution in [0.4, 0.5) is 0 Å². The van der Waals surface area contributed by atoms with Crippen LogP contribution in [0, 0.1) is 5.41 Å². The Kier molecular flexibility index (Phi) is 3.39. The summed E-state index contributed by atoms with van der Waals surface area (Å²) in [5, 5.41) is 0. The third kappa shape index (κ3) is 2.13. The zero-order valence-corrected chi connectivity index (χ0v) is 11.6. The zero-order valence-electron chi connectivity index (χ0n) is 11.6. The summed E-state index contributed by atoms with van der Waals surface area (Å²) in [6.45, 7) is 6.60. The number of hydrogen-bond acceptors (Lipinski definition) is 3. The van der Waals surface area contributed by atoms with Gasteiger partial charge in [0.2, 0.25) is 5.91 Å². The number of rotatable bonds is 0. The minimum Gasteiger partial charge on any atom is -0.462 e. The van der Waals surface area contributed by atoms with Gasteiger partial charge in [-0.05, 0) is 12.8 Å². The Morgan fingerprint density at radius 3 is 2.39 bits per heavy atom. The van der Waals surface area contributed by atoms with Crippen molar-refractivity contribution in [3.05, 3.63) is 0 Å². The molecule has 0 N–H and O–H groups in total. The topological polar surface area (TPSA) is 46.6 Å². The van der Waals surface area contributed by atoms with E-state index in [9.17, 15) is 9.59 Å². The summed E-state index contributed by atoms with van der Waals surface area (Å²) in [5.74, 6) is -0.118. The molecule has 0 bridgehead atoms. The van der Waals surface area contributed by atoms with E-state index in [0.717, 1.165) is 32.1 Å². The van der Waals surface area contributed by atoms with Crippen LogP contribution < -0.4 is 0 Å². The van der Waals surface area contributed by atoms with E-state index in [2.05, 4.69) is 0 Å². The maximum atomic E-state index is 12.6. The van der Waals surface area contributed by atoms with Crippen LogP contribution in [0.25, 0.3) is 0 Å². The highest BCUT2D eigenvalue weighted by Crippen LogP contribution is 2.38. The molecule has 0 aromatic heterocycles. The Bertz CT molecular complexity index is 351. The van der Waals surface area contributed by atoms with Crippen LogP contribution in [0.2, 0.25) is 0 Å². The summed E-state index contributed by atoms with van der Waals surface area (Å²) >= 11 is 0. The number of carbonyl (C=O) groups is 2. The number of ether oxygens (including phenoxy) is 1. The smallest absolute Gasteiger partial charge is 0.332 e. The van der Waals surface area contributed by atoms with Gasteiger partial charge >= 0.3 is 5.97 Å². The number of hydrogen-bond donors (Lipinski definition) is 0. The van der Waals surface area contributed by atoms with E-state index >= 15 is 0 Å². The minimum atomic E-state index is -0.666. The van der Waals surface area contributed by atoms with E-state index in [4.69, 9.17) is 4.74 Å². The first-order valence-corrected chi connectivity index (χ1v) is 6.87. The molecular weight excluding hydrogens is 230 g/mol. The molecule has 18 heavy (non-hydrogen) atoms. The quantitative estimate of drug-likeness (QED) is 0.621. The molecule has 0 radical (unpaired) electrons. The molecule has 2 fully saturated rings. The van der Waals surface area contributed by atoms with Crippen LogP contribution in [-0.4, -0.2) is 35.5 Å². The van der Waals surface area contributed by atoms with Gasteiger partial charge in [0.25, 0.3) is 0 Å². The van der Waals surface area contributed by atoms with Gasteiger partial charge in [0, 0.05) is 5.41 Å². The number of cyclic esters (lactones) is 1. The highest BCUT2D eigenvalue weighted by Gasteiger charge is 2.51. The van der Waals surface area contributed by atoms with Gasteiger partial charge in [-0.1, -0.05) is 40.0 Å². The molecular formula is C14H23NO3. The molecule has 1 spiro atoms. The Morgan fingerprint density at radius 1 is 1.22 bits per heavy atom. The van der Waals surface area contributed by atoms with E-state index in [0.29, 0.717) is 13.2 Å². The van der Waals surface area contributed by atoms with Gasteiger partial charge in [-0.3, -0.25) is 4.79 Å². The van der Waals surface area contributed by atoms with Crippen molar-refractivity contribution in [2.24, 2.45) is 5.41 Å². The van der Waals surface area contributed by atoms with Gasteiger partial charge in [-0.25, -0.2) is 4.79 Å². The summed E-state index contributed by atoms with van der Waals surface area (Å²) in [7, 11) is 0. The van der Waals surface area contributed by atoms with Gasteiger partial charge in [-0.2, -0.15) is 0 Å². The van der Waals surface area contributed by atoms with Crippen LogP contribution in [0.5, 0.6) is 0 Å². The van der Waals surface area contributed by atoms with Crippen molar-refractivity contribution in [2.75, 3.05) is 13.2 Å².